The smallest absolute Gasteiger partial charge is 0.390 e. The summed E-state index contributed by atoms with van der Waals surface area (Å²) in [4.78, 5) is 27.8. The predicted molar refractivity (Wildman–Crippen MR) is 100 cm³/mol. The van der Waals surface area contributed by atoms with Crippen molar-refractivity contribution in [2.24, 2.45) is 0 Å². The number of fused-ring (bicyclic) bond motifs is 1. The van der Waals surface area contributed by atoms with Crippen molar-refractivity contribution >= 4 is 17.5 Å². The summed E-state index contributed by atoms with van der Waals surface area (Å²) in [5.41, 5.74) is 1.65. The lowest BCUT2D eigenvalue weighted by Gasteiger charge is -2.22. The second kappa shape index (κ2) is 7.73. The summed E-state index contributed by atoms with van der Waals surface area (Å²) in [6.07, 6.45) is -3.72. The van der Waals surface area contributed by atoms with E-state index >= 15 is 0 Å². The van der Waals surface area contributed by atoms with Crippen molar-refractivity contribution in [1.29, 1.82) is 0 Å². The van der Waals surface area contributed by atoms with Gasteiger partial charge in [-0.25, -0.2) is 4.98 Å². The van der Waals surface area contributed by atoms with Crippen LogP contribution in [0.25, 0.3) is 11.1 Å². The van der Waals surface area contributed by atoms with Crippen LogP contribution in [0.3, 0.4) is 0 Å². The third kappa shape index (κ3) is 4.85. The number of benzene rings is 1. The van der Waals surface area contributed by atoms with E-state index < -0.39 is 30.7 Å². The third-order valence-corrected chi connectivity index (χ3v) is 4.54. The minimum Gasteiger partial charge on any atom is -0.461 e. The molecule has 2 amide bonds. The molecule has 2 N–H and O–H groups in total. The fourth-order valence-electron chi connectivity index (χ4n) is 3.16. The standard InChI is InChI=1S/C20H20F3N3O3/c1-12(27)26-14-5-3-13(4-6-14)15-7-9-24-17-16(15)11-19(2,29-17)18(28)25-10-8-20(21,22)23/h3-7,9H,8,10-11H2,1-2H3,(H,25,28)(H,26,27). The van der Waals surface area contributed by atoms with E-state index in [-0.39, 0.29) is 18.2 Å². The fraction of sp³-hybridized carbons (Fsp3) is 0.350. The number of ether oxygens (including phenoxy) is 1. The Bertz CT molecular complexity index is 929. The second-order valence-electron chi connectivity index (χ2n) is 7.03. The zero-order chi connectivity index (χ0) is 21.2. The van der Waals surface area contributed by atoms with Crippen molar-refractivity contribution in [1.82, 2.24) is 10.3 Å². The lowest BCUT2D eigenvalue weighted by molar-refractivity contribution is -0.140. The third-order valence-electron chi connectivity index (χ3n) is 4.54. The fourth-order valence-corrected chi connectivity index (χ4v) is 3.16. The van der Waals surface area contributed by atoms with E-state index in [4.69, 9.17) is 4.74 Å². The van der Waals surface area contributed by atoms with Crippen molar-refractivity contribution in [3.63, 3.8) is 0 Å². The van der Waals surface area contributed by atoms with Gasteiger partial charge in [-0.05, 0) is 36.2 Å². The average molecular weight is 407 g/mol. The van der Waals surface area contributed by atoms with Gasteiger partial charge in [0.1, 0.15) is 0 Å². The number of carbonyl (C=O) groups excluding carboxylic acids is 2. The first-order valence-corrected chi connectivity index (χ1v) is 8.97. The maximum atomic E-state index is 12.4. The molecular weight excluding hydrogens is 387 g/mol. The van der Waals surface area contributed by atoms with E-state index in [0.717, 1.165) is 11.1 Å². The number of halogens is 3. The molecular formula is C20H20F3N3O3. The number of hydrogen-bond donors (Lipinski definition) is 2. The lowest BCUT2D eigenvalue weighted by Crippen LogP contribution is -2.48. The van der Waals surface area contributed by atoms with E-state index in [0.29, 0.717) is 11.3 Å². The van der Waals surface area contributed by atoms with Crippen LogP contribution in [0.4, 0.5) is 18.9 Å². The summed E-state index contributed by atoms with van der Waals surface area (Å²) in [5.74, 6) is -0.517. The first-order valence-electron chi connectivity index (χ1n) is 8.97. The van der Waals surface area contributed by atoms with Gasteiger partial charge in [0.15, 0.2) is 5.60 Å². The summed E-state index contributed by atoms with van der Waals surface area (Å²) in [7, 11) is 0. The quantitative estimate of drug-likeness (QED) is 0.796. The van der Waals surface area contributed by atoms with Crippen molar-refractivity contribution in [2.45, 2.75) is 38.5 Å². The molecule has 0 spiro atoms. The Morgan fingerprint density at radius 2 is 1.90 bits per heavy atom. The Morgan fingerprint density at radius 3 is 2.52 bits per heavy atom. The van der Waals surface area contributed by atoms with Crippen molar-refractivity contribution in [2.75, 3.05) is 11.9 Å². The maximum Gasteiger partial charge on any atom is 0.390 e. The predicted octanol–water partition coefficient (Wildman–Crippen LogP) is 3.47. The maximum absolute atomic E-state index is 12.4. The van der Waals surface area contributed by atoms with Gasteiger partial charge < -0.3 is 15.4 Å². The van der Waals surface area contributed by atoms with Gasteiger partial charge in [0.25, 0.3) is 5.91 Å². The largest absolute Gasteiger partial charge is 0.461 e. The molecule has 0 fully saturated rings. The number of nitrogens with one attached hydrogen (secondary N) is 2. The molecule has 2 aromatic rings. The Labute approximate surface area is 165 Å². The second-order valence-corrected chi connectivity index (χ2v) is 7.03. The molecule has 1 unspecified atom stereocenters. The molecule has 0 aliphatic carbocycles. The normalized spacial score (nSPS) is 18.0. The molecule has 1 aromatic heterocycles. The molecule has 0 saturated heterocycles. The van der Waals surface area contributed by atoms with Crippen LogP contribution < -0.4 is 15.4 Å². The molecule has 29 heavy (non-hydrogen) atoms. The van der Waals surface area contributed by atoms with E-state index in [9.17, 15) is 22.8 Å². The zero-order valence-electron chi connectivity index (χ0n) is 15.9. The van der Waals surface area contributed by atoms with Gasteiger partial charge in [-0.15, -0.1) is 0 Å². The first-order chi connectivity index (χ1) is 13.6. The van der Waals surface area contributed by atoms with Gasteiger partial charge in [-0.1, -0.05) is 12.1 Å². The highest BCUT2D eigenvalue weighted by Crippen LogP contribution is 2.39. The molecule has 154 valence electrons. The van der Waals surface area contributed by atoms with Gasteiger partial charge in [0, 0.05) is 37.3 Å². The van der Waals surface area contributed by atoms with Gasteiger partial charge in [-0.3, -0.25) is 9.59 Å². The lowest BCUT2D eigenvalue weighted by atomic mass is 9.93. The van der Waals surface area contributed by atoms with Crippen LogP contribution in [0, 0.1) is 0 Å². The minimum absolute atomic E-state index is 0.177. The molecule has 1 atom stereocenters. The topological polar surface area (TPSA) is 80.3 Å². The van der Waals surface area contributed by atoms with Gasteiger partial charge in [0.05, 0.1) is 6.42 Å². The number of carbonyl (C=O) groups is 2. The molecule has 2 heterocycles. The molecule has 0 bridgehead atoms. The van der Waals surface area contributed by atoms with Crippen molar-refractivity contribution < 1.29 is 27.5 Å². The van der Waals surface area contributed by atoms with Crippen LogP contribution in [-0.4, -0.2) is 35.1 Å². The Morgan fingerprint density at radius 1 is 1.21 bits per heavy atom. The van der Waals surface area contributed by atoms with Crippen LogP contribution in [0.1, 0.15) is 25.8 Å². The number of aromatic nitrogens is 1. The molecule has 1 aliphatic heterocycles. The van der Waals surface area contributed by atoms with Crippen LogP contribution in [0.5, 0.6) is 5.88 Å². The molecule has 6 nitrogen and oxygen atoms in total. The molecule has 1 aliphatic rings. The van der Waals surface area contributed by atoms with Crippen molar-refractivity contribution in [3.05, 3.63) is 42.1 Å². The molecule has 0 radical (unpaired) electrons. The first kappa shape index (κ1) is 20.6. The summed E-state index contributed by atoms with van der Waals surface area (Å²) < 4.78 is 42.7. The van der Waals surface area contributed by atoms with E-state index in [1.54, 1.807) is 24.4 Å². The van der Waals surface area contributed by atoms with Crippen molar-refractivity contribution in [3.8, 4) is 17.0 Å². The summed E-state index contributed by atoms with van der Waals surface area (Å²) in [6, 6.07) is 8.92. The van der Waals surface area contributed by atoms with Crippen LogP contribution in [-0.2, 0) is 16.0 Å². The van der Waals surface area contributed by atoms with Gasteiger partial charge in [-0.2, -0.15) is 13.2 Å². The molecule has 9 heteroatoms. The highest BCUT2D eigenvalue weighted by molar-refractivity contribution is 5.89. The molecule has 3 rings (SSSR count). The average Bonchev–Trinajstić information content (AvgIpc) is 2.98. The van der Waals surface area contributed by atoms with E-state index in [1.807, 2.05) is 12.1 Å². The number of alkyl halides is 3. The Kier molecular flexibility index (Phi) is 5.50. The van der Waals surface area contributed by atoms with Crippen LogP contribution >= 0.6 is 0 Å². The Hall–Kier alpha value is -3.10. The number of anilines is 1. The highest BCUT2D eigenvalue weighted by Gasteiger charge is 2.44. The SMILES string of the molecule is CC(=O)Nc1ccc(-c2ccnc3c2CC(C)(C(=O)NCCC(F)(F)F)O3)cc1. The molecule has 1 aromatic carbocycles. The van der Waals surface area contributed by atoms with E-state index in [1.165, 1.54) is 13.8 Å². The number of rotatable bonds is 5. The number of nitrogens with zero attached hydrogens (tertiary/aromatic N) is 1. The monoisotopic (exact) mass is 407 g/mol. The van der Waals surface area contributed by atoms with E-state index in [2.05, 4.69) is 15.6 Å². The summed E-state index contributed by atoms with van der Waals surface area (Å²) in [5, 5.41) is 4.97. The summed E-state index contributed by atoms with van der Waals surface area (Å²) >= 11 is 0. The van der Waals surface area contributed by atoms with Gasteiger partial charge in [0.2, 0.25) is 11.8 Å². The zero-order valence-corrected chi connectivity index (χ0v) is 15.9. The number of amides is 2. The number of hydrogen-bond acceptors (Lipinski definition) is 4. The minimum atomic E-state index is -4.34. The van der Waals surface area contributed by atoms with Crippen LogP contribution in [0.2, 0.25) is 0 Å². The van der Waals surface area contributed by atoms with Crippen LogP contribution in [0.15, 0.2) is 36.5 Å². The molecule has 0 saturated carbocycles. The highest BCUT2D eigenvalue weighted by atomic mass is 19.4. The van der Waals surface area contributed by atoms with Gasteiger partial charge >= 0.3 is 6.18 Å². The summed E-state index contributed by atoms with van der Waals surface area (Å²) in [6.45, 7) is 2.44. The number of pyridine rings is 1. The Balaban J connectivity index is 1.77.